The Kier molecular flexibility index (Phi) is 2.64. The third-order valence-electron chi connectivity index (χ3n) is 2.57. The van der Waals surface area contributed by atoms with Crippen LogP contribution in [0.2, 0.25) is 0 Å². The number of benzene rings is 1. The van der Waals surface area contributed by atoms with E-state index in [0.717, 1.165) is 5.01 Å². The first-order valence-electron chi connectivity index (χ1n) is 5.16. The number of anilines is 1. The van der Waals surface area contributed by atoms with Crippen LogP contribution in [-0.2, 0) is 9.59 Å². The number of rotatable bonds is 1. The van der Waals surface area contributed by atoms with E-state index in [0.29, 0.717) is 15.6 Å². The van der Waals surface area contributed by atoms with Gasteiger partial charge in [-0.25, -0.2) is 0 Å². The fourth-order valence-corrected chi connectivity index (χ4v) is 2.70. The van der Waals surface area contributed by atoms with Crippen molar-refractivity contribution >= 4 is 51.5 Å². The Morgan fingerprint density at radius 2 is 2.11 bits per heavy atom. The fourth-order valence-electron chi connectivity index (χ4n) is 1.75. The summed E-state index contributed by atoms with van der Waals surface area (Å²) in [6, 6.07) is 7.20. The van der Waals surface area contributed by atoms with E-state index in [1.165, 1.54) is 11.8 Å². The maximum Gasteiger partial charge on any atom is 0.276 e. The Bertz CT molecular complexity index is 596. The second-order valence-electron chi connectivity index (χ2n) is 3.71. The van der Waals surface area contributed by atoms with E-state index in [9.17, 15) is 9.59 Å². The summed E-state index contributed by atoms with van der Waals surface area (Å²) < 4.78 is 0.379. The normalized spacial score (nSPS) is 20.6. The Balaban J connectivity index is 2.04. The van der Waals surface area contributed by atoms with Gasteiger partial charge in [0.2, 0.25) is 0 Å². The maximum absolute atomic E-state index is 11.8. The number of para-hydroxylation sites is 1. The van der Waals surface area contributed by atoms with Crippen LogP contribution in [0.25, 0.3) is 0 Å². The number of thioether (sulfide) groups is 1. The van der Waals surface area contributed by atoms with Crippen molar-refractivity contribution in [3.63, 3.8) is 0 Å². The van der Waals surface area contributed by atoms with Gasteiger partial charge >= 0.3 is 0 Å². The molecule has 0 saturated carbocycles. The van der Waals surface area contributed by atoms with Crippen LogP contribution in [0.3, 0.4) is 0 Å². The molecule has 1 N–H and O–H groups in total. The molecule has 0 spiro atoms. The van der Waals surface area contributed by atoms with Crippen LogP contribution in [0.15, 0.2) is 29.4 Å². The zero-order valence-corrected chi connectivity index (χ0v) is 10.7. The number of fused-ring (bicyclic) bond motifs is 1. The molecule has 1 aromatic rings. The Hall–Kier alpha value is -1.73. The van der Waals surface area contributed by atoms with Gasteiger partial charge in [-0.05, 0) is 6.07 Å². The number of nitrogens with one attached hydrogen (secondary N) is 1. The van der Waals surface area contributed by atoms with Crippen LogP contribution in [0, 0.1) is 0 Å². The van der Waals surface area contributed by atoms with Crippen molar-refractivity contribution in [1.82, 2.24) is 5.01 Å². The molecule has 0 aliphatic carbocycles. The van der Waals surface area contributed by atoms with Crippen molar-refractivity contribution in [2.75, 3.05) is 11.1 Å². The average Bonchev–Trinajstić information content (AvgIpc) is 2.84. The smallest absolute Gasteiger partial charge is 0.276 e. The monoisotopic (exact) mass is 277 g/mol. The minimum absolute atomic E-state index is 0.199. The molecule has 90 valence electrons. The van der Waals surface area contributed by atoms with Gasteiger partial charge in [-0.1, -0.05) is 42.2 Å². The Morgan fingerprint density at radius 1 is 1.33 bits per heavy atom. The van der Waals surface area contributed by atoms with E-state index in [2.05, 4.69) is 10.4 Å². The SMILES string of the molecule is O=C1Nc2ccccc2C1=NN1C(=O)CSC1=S. The second kappa shape index (κ2) is 4.18. The topological polar surface area (TPSA) is 61.8 Å². The van der Waals surface area contributed by atoms with Crippen LogP contribution in [0.4, 0.5) is 5.69 Å². The lowest BCUT2D eigenvalue weighted by atomic mass is 10.1. The largest absolute Gasteiger partial charge is 0.320 e. The lowest BCUT2D eigenvalue weighted by Gasteiger charge is -2.08. The second-order valence-corrected chi connectivity index (χ2v) is 5.32. The van der Waals surface area contributed by atoms with Crippen molar-refractivity contribution in [3.8, 4) is 0 Å². The predicted molar refractivity (Wildman–Crippen MR) is 73.5 cm³/mol. The number of carbonyl (C=O) groups excluding carboxylic acids is 2. The molecule has 2 heterocycles. The standard InChI is InChI=1S/C11H7N3O2S2/c15-8-5-18-11(17)14(8)13-9-6-3-1-2-4-7(6)12-10(9)16/h1-4H,5H2,(H,12,13,16). The zero-order valence-electron chi connectivity index (χ0n) is 9.04. The van der Waals surface area contributed by atoms with Gasteiger partial charge < -0.3 is 5.32 Å². The fraction of sp³-hybridized carbons (Fsp3) is 0.0909. The first-order valence-corrected chi connectivity index (χ1v) is 6.55. The highest BCUT2D eigenvalue weighted by molar-refractivity contribution is 8.23. The van der Waals surface area contributed by atoms with E-state index in [4.69, 9.17) is 12.2 Å². The van der Waals surface area contributed by atoms with Crippen molar-refractivity contribution in [3.05, 3.63) is 29.8 Å². The summed E-state index contributed by atoms with van der Waals surface area (Å²) in [6.45, 7) is 0. The van der Waals surface area contributed by atoms with Gasteiger partial charge in [-0.3, -0.25) is 9.59 Å². The highest BCUT2D eigenvalue weighted by Crippen LogP contribution is 2.25. The molecule has 3 rings (SSSR count). The lowest BCUT2D eigenvalue weighted by molar-refractivity contribution is -0.124. The molecule has 1 aromatic carbocycles. The van der Waals surface area contributed by atoms with E-state index in [1.54, 1.807) is 12.1 Å². The number of thiocarbonyl (C=S) groups is 1. The summed E-state index contributed by atoms with van der Waals surface area (Å²) in [5.41, 5.74) is 1.62. The summed E-state index contributed by atoms with van der Waals surface area (Å²) in [4.78, 5) is 23.4. The van der Waals surface area contributed by atoms with E-state index < -0.39 is 0 Å². The number of hydrazone groups is 1. The minimum atomic E-state index is -0.316. The average molecular weight is 277 g/mol. The third kappa shape index (κ3) is 1.72. The van der Waals surface area contributed by atoms with Gasteiger partial charge in [0.15, 0.2) is 10.0 Å². The van der Waals surface area contributed by atoms with Crippen molar-refractivity contribution < 1.29 is 9.59 Å². The van der Waals surface area contributed by atoms with Crippen LogP contribution >= 0.6 is 24.0 Å². The molecule has 1 saturated heterocycles. The van der Waals surface area contributed by atoms with Crippen LogP contribution in [0.1, 0.15) is 5.56 Å². The van der Waals surface area contributed by atoms with Crippen molar-refractivity contribution in [2.45, 2.75) is 0 Å². The molecule has 7 heteroatoms. The summed E-state index contributed by atoms with van der Waals surface area (Å²) in [6.07, 6.45) is 0. The Morgan fingerprint density at radius 3 is 2.83 bits per heavy atom. The van der Waals surface area contributed by atoms with Gasteiger partial charge in [0.05, 0.1) is 11.4 Å². The van der Waals surface area contributed by atoms with E-state index in [1.807, 2.05) is 12.1 Å². The number of hydrogen-bond acceptors (Lipinski definition) is 5. The molecule has 1 fully saturated rings. The van der Waals surface area contributed by atoms with Crippen LogP contribution < -0.4 is 5.32 Å². The molecular weight excluding hydrogens is 270 g/mol. The van der Waals surface area contributed by atoms with Gasteiger partial charge in [0, 0.05) is 5.56 Å². The summed E-state index contributed by atoms with van der Waals surface area (Å²) in [7, 11) is 0. The summed E-state index contributed by atoms with van der Waals surface area (Å²) in [5, 5.41) is 7.90. The molecule has 0 aromatic heterocycles. The van der Waals surface area contributed by atoms with E-state index >= 15 is 0 Å². The predicted octanol–water partition coefficient (Wildman–Crippen LogP) is 1.20. The van der Waals surface area contributed by atoms with Gasteiger partial charge in [0.25, 0.3) is 11.8 Å². The highest BCUT2D eigenvalue weighted by atomic mass is 32.2. The maximum atomic E-state index is 11.8. The molecule has 2 amide bonds. The molecule has 5 nitrogen and oxygen atoms in total. The number of carbonyl (C=O) groups is 2. The molecule has 2 aliphatic heterocycles. The summed E-state index contributed by atoms with van der Waals surface area (Å²) >= 11 is 6.27. The molecular formula is C11H7N3O2S2. The van der Waals surface area contributed by atoms with Crippen molar-refractivity contribution in [1.29, 1.82) is 0 Å². The van der Waals surface area contributed by atoms with Gasteiger partial charge in [-0.2, -0.15) is 10.1 Å². The first-order chi connectivity index (χ1) is 8.66. The molecule has 0 radical (unpaired) electrons. The van der Waals surface area contributed by atoms with Gasteiger partial charge in [0.1, 0.15) is 0 Å². The minimum Gasteiger partial charge on any atom is -0.320 e. The Labute approximate surface area is 112 Å². The molecule has 2 aliphatic rings. The first kappa shape index (κ1) is 11.4. The molecule has 18 heavy (non-hydrogen) atoms. The number of amides is 2. The third-order valence-corrected chi connectivity index (χ3v) is 3.91. The van der Waals surface area contributed by atoms with Crippen molar-refractivity contribution in [2.24, 2.45) is 5.10 Å². The van der Waals surface area contributed by atoms with Crippen LogP contribution in [0.5, 0.6) is 0 Å². The number of hydrogen-bond donors (Lipinski definition) is 1. The zero-order chi connectivity index (χ0) is 12.7. The van der Waals surface area contributed by atoms with Crippen LogP contribution in [-0.4, -0.2) is 32.6 Å². The van der Waals surface area contributed by atoms with E-state index in [-0.39, 0.29) is 23.3 Å². The number of nitrogens with zero attached hydrogens (tertiary/aromatic N) is 2. The summed E-state index contributed by atoms with van der Waals surface area (Å²) in [5.74, 6) is -0.239. The lowest BCUT2D eigenvalue weighted by Crippen LogP contribution is -2.27. The molecule has 0 unspecified atom stereocenters. The van der Waals surface area contributed by atoms with Gasteiger partial charge in [-0.15, -0.1) is 0 Å². The molecule has 0 bridgehead atoms. The highest BCUT2D eigenvalue weighted by Gasteiger charge is 2.31. The molecule has 0 atom stereocenters. The quantitative estimate of drug-likeness (QED) is 0.784.